The molecule has 0 bridgehead atoms. The molecular weight excluding hydrogens is 276 g/mol. The van der Waals surface area contributed by atoms with Crippen LogP contribution in [0.5, 0.6) is 0 Å². The molecule has 0 radical (unpaired) electrons. The molecule has 0 saturated heterocycles. The molecule has 0 aliphatic heterocycles. The monoisotopic (exact) mass is 294 g/mol. The molecule has 3 N–H and O–H groups in total. The van der Waals surface area contributed by atoms with Crippen molar-refractivity contribution >= 4 is 22.4 Å². The molecule has 6 nitrogen and oxygen atoms in total. The van der Waals surface area contributed by atoms with Crippen LogP contribution in [0.1, 0.15) is 19.8 Å². The summed E-state index contributed by atoms with van der Waals surface area (Å²) in [7, 11) is -1.84. The summed E-state index contributed by atoms with van der Waals surface area (Å²) >= 11 is 0. The lowest BCUT2D eigenvalue weighted by atomic mass is 9.98. The summed E-state index contributed by atoms with van der Waals surface area (Å²) in [6.07, 6.45) is 4.99. The summed E-state index contributed by atoms with van der Waals surface area (Å²) in [5.41, 5.74) is 5.13. The molecule has 0 spiro atoms. The predicted octanol–water partition coefficient (Wildman–Crippen LogP) is 0.248. The van der Waals surface area contributed by atoms with Crippen molar-refractivity contribution in [3.8, 4) is 0 Å². The van der Waals surface area contributed by atoms with Gasteiger partial charge in [-0.1, -0.05) is 0 Å². The molecule has 8 heteroatoms. The number of aryl methyl sites for hydroxylation is 1. The summed E-state index contributed by atoms with van der Waals surface area (Å²) in [4.78, 5) is 3.86. The quantitative estimate of drug-likeness (QED) is 0.814. The Bertz CT molecular complexity index is 512. The minimum absolute atomic E-state index is 0. The van der Waals surface area contributed by atoms with E-state index in [1.165, 1.54) is 12.5 Å². The first-order valence-electron chi connectivity index (χ1n) is 5.59. The molecule has 1 aliphatic carbocycles. The van der Waals surface area contributed by atoms with Gasteiger partial charge < -0.3 is 10.3 Å². The maximum Gasteiger partial charge on any atom is 0.260 e. The number of aromatic nitrogens is 2. The summed E-state index contributed by atoms with van der Waals surface area (Å²) in [6.45, 7) is 2.15. The summed E-state index contributed by atoms with van der Waals surface area (Å²) in [5, 5.41) is 0.0420. The highest BCUT2D eigenvalue weighted by molar-refractivity contribution is 7.89. The van der Waals surface area contributed by atoms with E-state index >= 15 is 0 Å². The van der Waals surface area contributed by atoms with Crippen LogP contribution in [0.15, 0.2) is 17.6 Å². The highest BCUT2D eigenvalue weighted by Crippen LogP contribution is 2.39. The minimum Gasteiger partial charge on any atom is -0.339 e. The molecule has 2 rings (SSSR count). The Morgan fingerprint density at radius 2 is 2.22 bits per heavy atom. The van der Waals surface area contributed by atoms with E-state index in [2.05, 4.69) is 9.71 Å². The largest absolute Gasteiger partial charge is 0.339 e. The van der Waals surface area contributed by atoms with E-state index in [1.54, 1.807) is 11.6 Å². The molecule has 1 fully saturated rings. The van der Waals surface area contributed by atoms with Crippen molar-refractivity contribution in [2.75, 3.05) is 6.54 Å². The van der Waals surface area contributed by atoms with E-state index in [1.807, 2.05) is 6.92 Å². The van der Waals surface area contributed by atoms with Crippen LogP contribution in [0.25, 0.3) is 0 Å². The highest BCUT2D eigenvalue weighted by Gasteiger charge is 2.43. The summed E-state index contributed by atoms with van der Waals surface area (Å²) in [6, 6.07) is 0. The van der Waals surface area contributed by atoms with Crippen molar-refractivity contribution in [3.05, 3.63) is 12.5 Å². The van der Waals surface area contributed by atoms with Crippen LogP contribution in [0.2, 0.25) is 0 Å². The standard InChI is InChI=1S/C10H18N4O2S.ClH/c1-10(6-11,8-3-4-8)13-17(15,16)9-5-14(2)7-12-9;/h5,7-8,13H,3-4,6,11H2,1-2H3;1H. The lowest BCUT2D eigenvalue weighted by Crippen LogP contribution is -2.53. The Morgan fingerprint density at radius 1 is 1.61 bits per heavy atom. The van der Waals surface area contributed by atoms with Crippen LogP contribution in [0, 0.1) is 5.92 Å². The second-order valence-electron chi connectivity index (χ2n) is 4.88. The van der Waals surface area contributed by atoms with Crippen molar-refractivity contribution < 1.29 is 8.42 Å². The van der Waals surface area contributed by atoms with Gasteiger partial charge in [-0.15, -0.1) is 12.4 Å². The zero-order valence-corrected chi connectivity index (χ0v) is 12.1. The number of halogens is 1. The van der Waals surface area contributed by atoms with Gasteiger partial charge in [-0.05, 0) is 25.7 Å². The number of sulfonamides is 1. The lowest BCUT2D eigenvalue weighted by Gasteiger charge is -2.28. The zero-order chi connectivity index (χ0) is 12.7. The van der Waals surface area contributed by atoms with Crippen LogP contribution < -0.4 is 10.5 Å². The Hall–Kier alpha value is -0.630. The first-order chi connectivity index (χ1) is 7.87. The Balaban J connectivity index is 0.00000162. The number of nitrogens with one attached hydrogen (secondary N) is 1. The smallest absolute Gasteiger partial charge is 0.260 e. The van der Waals surface area contributed by atoms with Crippen LogP contribution in [0.4, 0.5) is 0 Å². The van der Waals surface area contributed by atoms with Gasteiger partial charge in [0.25, 0.3) is 10.0 Å². The van der Waals surface area contributed by atoms with Gasteiger partial charge >= 0.3 is 0 Å². The van der Waals surface area contributed by atoms with Gasteiger partial charge in [-0.2, -0.15) is 0 Å². The second kappa shape index (κ2) is 5.16. The van der Waals surface area contributed by atoms with E-state index in [0.29, 0.717) is 12.5 Å². The van der Waals surface area contributed by atoms with Gasteiger partial charge in [0.2, 0.25) is 0 Å². The third-order valence-corrected chi connectivity index (χ3v) is 4.72. The lowest BCUT2D eigenvalue weighted by molar-refractivity contribution is 0.373. The minimum atomic E-state index is -3.58. The topological polar surface area (TPSA) is 90.0 Å². The Labute approximate surface area is 113 Å². The van der Waals surface area contributed by atoms with Crippen molar-refractivity contribution in [2.45, 2.75) is 30.3 Å². The van der Waals surface area contributed by atoms with E-state index in [-0.39, 0.29) is 17.4 Å². The molecule has 1 heterocycles. The Morgan fingerprint density at radius 3 is 2.61 bits per heavy atom. The molecule has 104 valence electrons. The number of nitrogens with two attached hydrogens (primary N) is 1. The van der Waals surface area contributed by atoms with E-state index in [4.69, 9.17) is 5.73 Å². The normalized spacial score (nSPS) is 19.1. The van der Waals surface area contributed by atoms with Gasteiger partial charge in [0.1, 0.15) is 0 Å². The van der Waals surface area contributed by atoms with Crippen molar-refractivity contribution in [1.29, 1.82) is 0 Å². The molecule has 1 saturated carbocycles. The molecule has 1 aromatic rings. The van der Waals surface area contributed by atoms with Gasteiger partial charge in [-0.25, -0.2) is 18.1 Å². The average molecular weight is 295 g/mol. The summed E-state index contributed by atoms with van der Waals surface area (Å²) in [5.74, 6) is 0.339. The molecule has 1 aromatic heterocycles. The molecule has 1 atom stereocenters. The fraction of sp³-hybridized carbons (Fsp3) is 0.700. The highest BCUT2D eigenvalue weighted by atomic mass is 35.5. The van der Waals surface area contributed by atoms with Crippen LogP contribution in [0.3, 0.4) is 0 Å². The number of nitrogens with zero attached hydrogens (tertiary/aromatic N) is 2. The molecular formula is C10H19ClN4O2S. The van der Waals surface area contributed by atoms with Crippen LogP contribution >= 0.6 is 12.4 Å². The molecule has 1 aliphatic rings. The molecule has 0 aromatic carbocycles. The zero-order valence-electron chi connectivity index (χ0n) is 10.5. The van der Waals surface area contributed by atoms with E-state index in [0.717, 1.165) is 12.8 Å². The predicted molar refractivity (Wildman–Crippen MR) is 71.0 cm³/mol. The van der Waals surface area contributed by atoms with Gasteiger partial charge in [0.15, 0.2) is 5.03 Å². The fourth-order valence-corrected chi connectivity index (χ4v) is 3.36. The van der Waals surface area contributed by atoms with Crippen molar-refractivity contribution in [3.63, 3.8) is 0 Å². The second-order valence-corrected chi connectivity index (χ2v) is 6.51. The van der Waals surface area contributed by atoms with Crippen LogP contribution in [-0.4, -0.2) is 30.1 Å². The number of hydrogen-bond acceptors (Lipinski definition) is 4. The first kappa shape index (κ1) is 15.4. The molecule has 0 amide bonds. The summed E-state index contributed by atoms with van der Waals surface area (Å²) < 4.78 is 28.5. The molecule has 18 heavy (non-hydrogen) atoms. The first-order valence-corrected chi connectivity index (χ1v) is 7.08. The Kier molecular flexibility index (Phi) is 4.42. The third-order valence-electron chi connectivity index (χ3n) is 3.23. The number of imidazole rings is 1. The van der Waals surface area contributed by atoms with Crippen molar-refractivity contribution in [1.82, 2.24) is 14.3 Å². The SMILES string of the molecule is Cl.Cn1cnc(S(=O)(=O)NC(C)(CN)C2CC2)c1. The molecule has 1 unspecified atom stereocenters. The van der Waals surface area contributed by atoms with E-state index < -0.39 is 15.6 Å². The maximum absolute atomic E-state index is 12.1. The average Bonchev–Trinajstić information content (AvgIpc) is 3.01. The van der Waals surface area contributed by atoms with Gasteiger partial charge in [0.05, 0.1) is 6.33 Å². The number of rotatable bonds is 5. The fourth-order valence-electron chi connectivity index (χ4n) is 1.90. The maximum atomic E-state index is 12.1. The van der Waals surface area contributed by atoms with E-state index in [9.17, 15) is 8.42 Å². The van der Waals surface area contributed by atoms with Gasteiger partial charge in [-0.3, -0.25) is 0 Å². The van der Waals surface area contributed by atoms with Crippen molar-refractivity contribution in [2.24, 2.45) is 18.7 Å². The van der Waals surface area contributed by atoms with Gasteiger partial charge in [0, 0.05) is 25.3 Å². The number of hydrogen-bond donors (Lipinski definition) is 2. The van der Waals surface area contributed by atoms with Crippen LogP contribution in [-0.2, 0) is 17.1 Å². The third kappa shape index (κ3) is 3.03.